The van der Waals surface area contributed by atoms with Crippen LogP contribution in [0.5, 0.6) is 5.75 Å². The molecule has 1 aromatic rings. The number of likely N-dealkylation sites (N-methyl/N-ethyl adjacent to an activating group) is 3. The summed E-state index contributed by atoms with van der Waals surface area (Å²) in [5.41, 5.74) is 2.67. The average molecular weight is 691 g/mol. The van der Waals surface area contributed by atoms with Crippen molar-refractivity contribution in [2.45, 2.75) is 27.3 Å². The maximum Gasteiger partial charge on any atom is 2.00 e. The number of aliphatic imine (C=N–C) groups is 1. The molecule has 0 heterocycles. The minimum atomic E-state index is -4.94. The largest absolute Gasteiger partial charge is 2.00 e. The molecule has 0 aromatic heterocycles. The van der Waals surface area contributed by atoms with E-state index in [4.69, 9.17) is 37.3 Å². The Morgan fingerprint density at radius 2 is 1.26 bits per heavy atom. The Hall–Kier alpha value is -0.171. The summed E-state index contributed by atoms with van der Waals surface area (Å²) in [6.07, 6.45) is 1.73. The Kier molecular flexibility index (Phi) is 30.8. The third-order valence-corrected chi connectivity index (χ3v) is 4.38. The summed E-state index contributed by atoms with van der Waals surface area (Å²) in [6, 6.07) is 3.94. The van der Waals surface area contributed by atoms with Gasteiger partial charge in [0.05, 0.1) is 6.54 Å². The molecule has 0 aliphatic carbocycles. The number of benzene rings is 1. The van der Waals surface area contributed by atoms with Crippen molar-refractivity contribution in [2.24, 2.45) is 4.99 Å². The van der Waals surface area contributed by atoms with Crippen LogP contribution in [0.4, 0.5) is 0 Å². The molecule has 1 N–H and O–H groups in total. The van der Waals surface area contributed by atoms with Crippen LogP contribution >= 0.6 is 0 Å². The predicted molar refractivity (Wildman–Crippen MR) is 108 cm³/mol. The monoisotopic (exact) mass is 688 g/mol. The first-order valence-electron chi connectivity index (χ1n) is 10.5. The summed E-state index contributed by atoms with van der Waals surface area (Å²) in [7, 11) is -3.77. The number of hydrogen-bond acceptors (Lipinski definition) is 14. The van der Waals surface area contributed by atoms with Crippen molar-refractivity contribution in [3.8, 4) is 5.75 Å². The first-order chi connectivity index (χ1) is 15.9. The van der Waals surface area contributed by atoms with Gasteiger partial charge in [0.25, 0.3) is 0 Å². The summed E-state index contributed by atoms with van der Waals surface area (Å²) in [4.78, 5) is 11.1. The van der Waals surface area contributed by atoms with Crippen molar-refractivity contribution in [2.75, 3.05) is 60.4 Å². The summed E-state index contributed by atoms with van der Waals surface area (Å²) in [5.74, 6) is 0.105. The van der Waals surface area contributed by atoms with Crippen molar-refractivity contribution in [1.82, 2.24) is 14.7 Å². The van der Waals surface area contributed by atoms with Gasteiger partial charge in [-0.3, -0.25) is 4.99 Å². The average Bonchev–Trinajstić information content (AvgIpc) is 2.66. The molecule has 0 amide bonds. The second-order valence-corrected chi connectivity index (χ2v) is 9.21. The molecule has 1 rings (SSSR count). The molecule has 0 spiro atoms. The van der Waals surface area contributed by atoms with Crippen molar-refractivity contribution in [1.29, 1.82) is 0 Å². The van der Waals surface area contributed by atoms with Crippen LogP contribution in [0.15, 0.2) is 17.1 Å². The van der Waals surface area contributed by atoms with E-state index in [0.717, 1.165) is 43.9 Å². The molecule has 0 bridgehead atoms. The summed E-state index contributed by atoms with van der Waals surface area (Å²) in [6.45, 7) is 12.8. The smallest absolute Gasteiger partial charge is 0.872 e. The molecule has 0 fully saturated rings. The second-order valence-electron chi connectivity index (χ2n) is 7.70. The quantitative estimate of drug-likeness (QED) is 0.155. The van der Waals surface area contributed by atoms with E-state index in [2.05, 4.69) is 40.6 Å². The third-order valence-electron chi connectivity index (χ3n) is 4.38. The Balaban J connectivity index is -0.000000238. The van der Waals surface area contributed by atoms with Crippen molar-refractivity contribution in [3.05, 3.63) is 28.8 Å². The second kappa shape index (κ2) is 24.6. The van der Waals surface area contributed by atoms with Crippen LogP contribution < -0.4 is 42.4 Å². The molecule has 0 aliphatic rings. The molecule has 2 radical (unpaired) electrons. The topological polar surface area (TPSA) is 260 Å². The van der Waals surface area contributed by atoms with E-state index in [0.29, 0.717) is 18.7 Å². The van der Waals surface area contributed by atoms with E-state index < -0.39 is 20.5 Å². The van der Waals surface area contributed by atoms with Gasteiger partial charge in [-0.15, -0.1) is 20.5 Å². The molecule has 232 valence electrons. The van der Waals surface area contributed by atoms with Crippen molar-refractivity contribution < 1.29 is 102 Å². The van der Waals surface area contributed by atoms with Gasteiger partial charge in [0, 0.05) is 32.4 Å². The van der Waals surface area contributed by atoms with Crippen LogP contribution in [0.3, 0.4) is 0 Å². The fourth-order valence-corrected chi connectivity index (χ4v) is 2.73. The van der Waals surface area contributed by atoms with E-state index >= 15 is 0 Å². The Morgan fingerprint density at radius 3 is 1.66 bits per heavy atom. The van der Waals surface area contributed by atoms with E-state index in [1.165, 1.54) is 0 Å². The number of nitrogens with zero attached hydrogens (tertiary/aromatic N) is 4. The molecule has 0 saturated heterocycles. The maximum absolute atomic E-state index is 12.7. The fourth-order valence-electron chi connectivity index (χ4n) is 2.73. The molecule has 0 atom stereocenters. The molecular formula is C20H36Cl2Cu2N4O10. The van der Waals surface area contributed by atoms with E-state index in [-0.39, 0.29) is 45.4 Å². The van der Waals surface area contributed by atoms with Gasteiger partial charge < -0.3 is 25.3 Å². The first-order valence-corrected chi connectivity index (χ1v) is 12.9. The van der Waals surface area contributed by atoms with Gasteiger partial charge in [-0.05, 0) is 52.3 Å². The van der Waals surface area contributed by atoms with E-state index in [1.54, 1.807) is 6.21 Å². The van der Waals surface area contributed by atoms with Crippen LogP contribution in [0.25, 0.3) is 0 Å². The van der Waals surface area contributed by atoms with Gasteiger partial charge in [0.2, 0.25) is 0 Å². The summed E-state index contributed by atoms with van der Waals surface area (Å²) >= 11 is 0. The Labute approximate surface area is 249 Å². The minimum absolute atomic E-state index is 0. The maximum atomic E-state index is 12.7. The number of aryl methyl sites for hydroxylation is 1. The zero-order valence-corrected chi connectivity index (χ0v) is 25.3. The first kappa shape index (κ1) is 47.6. The van der Waals surface area contributed by atoms with Crippen LogP contribution in [0, 0.1) is 27.4 Å². The van der Waals surface area contributed by atoms with Crippen molar-refractivity contribution >= 4 is 6.21 Å². The summed E-state index contributed by atoms with van der Waals surface area (Å²) in [5, 5.41) is 12.7. The Morgan fingerprint density at radius 1 is 0.816 bits per heavy atom. The molecular weight excluding hydrogens is 654 g/mol. The zero-order chi connectivity index (χ0) is 27.8. The van der Waals surface area contributed by atoms with Crippen LogP contribution in [-0.2, 0) is 40.7 Å². The van der Waals surface area contributed by atoms with Crippen LogP contribution in [0.2, 0.25) is 0 Å². The zero-order valence-electron chi connectivity index (χ0n) is 22.0. The minimum Gasteiger partial charge on any atom is -0.872 e. The number of rotatable bonds is 11. The van der Waals surface area contributed by atoms with Crippen LogP contribution in [-0.4, -0.2) is 86.8 Å². The number of halogens is 2. The Bertz CT molecular complexity index is 715. The molecule has 1 aromatic carbocycles. The fraction of sp³-hybridized carbons (Fsp3) is 0.650. The van der Waals surface area contributed by atoms with Gasteiger partial charge in [-0.1, -0.05) is 37.3 Å². The van der Waals surface area contributed by atoms with Gasteiger partial charge in [-0.25, -0.2) is 37.3 Å². The summed E-state index contributed by atoms with van der Waals surface area (Å²) < 4.78 is 67.9. The van der Waals surface area contributed by atoms with Crippen molar-refractivity contribution in [3.63, 3.8) is 0 Å². The van der Waals surface area contributed by atoms with Gasteiger partial charge in [0.1, 0.15) is 0 Å². The number of hydrogen-bond donors (Lipinski definition) is 0. The predicted octanol–water partition coefficient (Wildman–Crippen LogP) is -7.87. The van der Waals surface area contributed by atoms with Gasteiger partial charge in [0.15, 0.2) is 0 Å². The molecule has 18 heteroatoms. The normalized spacial score (nSPS) is 11.2. The molecule has 0 aliphatic heterocycles. The standard InChI is InChI=1S/C20H36N4O.2ClHO4.2Cu.H2O/c1-7-24(8-2)12-11-23(6)16-19-14-17(3)13-18(20(19)25)15-21-9-10-22(4)5;2*2-1(3,4)5;;;/h13-15,25H,7-12,16H2,1-6H3;2*(H,2,3,4,5);;;1H2/q;;;2*+2;/p-4. The SMILES string of the molecule is CCN(CC)CCN(C)Cc1cc(C)cc(C=NCCN(C)C)c1[O-].[Cu+2].[Cu+2].[O-][Cl+3]([O-])([O-])[O-].[O-][Cl+3]([O-])([O-])[O-].[OH-]. The third kappa shape index (κ3) is 33.9. The van der Waals surface area contributed by atoms with E-state index in [9.17, 15) is 5.11 Å². The van der Waals surface area contributed by atoms with Gasteiger partial charge >= 0.3 is 34.1 Å². The molecule has 14 nitrogen and oxygen atoms in total. The molecule has 0 unspecified atom stereocenters. The van der Waals surface area contributed by atoms with E-state index in [1.807, 2.05) is 33.2 Å². The van der Waals surface area contributed by atoms with Gasteiger partial charge in [-0.2, -0.15) is 0 Å². The van der Waals surface area contributed by atoms with Crippen LogP contribution in [0.1, 0.15) is 30.5 Å². The molecule has 0 saturated carbocycles. The molecule has 38 heavy (non-hydrogen) atoms.